The first-order valence-corrected chi connectivity index (χ1v) is 3.42. The standard InChI is InChI=1S/C7H12O2/c1-3-6-4-7(8)5(2)9-6/h5-6H,3-4H2,1-2H3. The molecule has 0 amide bonds. The van der Waals surface area contributed by atoms with Gasteiger partial charge in [-0.2, -0.15) is 0 Å². The van der Waals surface area contributed by atoms with Gasteiger partial charge in [0.25, 0.3) is 0 Å². The van der Waals surface area contributed by atoms with Gasteiger partial charge < -0.3 is 4.74 Å². The third kappa shape index (κ3) is 1.30. The molecule has 52 valence electrons. The van der Waals surface area contributed by atoms with Crippen LogP contribution in [0, 0.1) is 0 Å². The Morgan fingerprint density at radius 2 is 2.44 bits per heavy atom. The maximum atomic E-state index is 10.8. The van der Waals surface area contributed by atoms with Gasteiger partial charge in [-0.1, -0.05) is 6.92 Å². The third-order valence-corrected chi connectivity index (χ3v) is 1.73. The molecular weight excluding hydrogens is 116 g/mol. The van der Waals surface area contributed by atoms with Gasteiger partial charge in [0, 0.05) is 6.42 Å². The Kier molecular flexibility index (Phi) is 1.86. The molecule has 9 heavy (non-hydrogen) atoms. The predicted octanol–water partition coefficient (Wildman–Crippen LogP) is 1.14. The molecule has 1 saturated heterocycles. The number of ketones is 1. The molecule has 1 aliphatic heterocycles. The molecule has 1 aliphatic rings. The summed E-state index contributed by atoms with van der Waals surface area (Å²) in [5.74, 6) is 0.252. The van der Waals surface area contributed by atoms with E-state index in [-0.39, 0.29) is 18.0 Å². The minimum absolute atomic E-state index is 0.144. The van der Waals surface area contributed by atoms with Crippen molar-refractivity contribution in [2.45, 2.75) is 38.9 Å². The van der Waals surface area contributed by atoms with E-state index in [2.05, 4.69) is 0 Å². The fourth-order valence-corrected chi connectivity index (χ4v) is 1.04. The minimum Gasteiger partial charge on any atom is -0.367 e. The molecule has 1 heterocycles. The Morgan fingerprint density at radius 3 is 2.67 bits per heavy atom. The lowest BCUT2D eigenvalue weighted by molar-refractivity contribution is -0.121. The zero-order chi connectivity index (χ0) is 6.85. The van der Waals surface area contributed by atoms with E-state index in [1.54, 1.807) is 0 Å². The Balaban J connectivity index is 2.44. The van der Waals surface area contributed by atoms with Crippen molar-refractivity contribution >= 4 is 5.78 Å². The monoisotopic (exact) mass is 128 g/mol. The van der Waals surface area contributed by atoms with Crippen molar-refractivity contribution in [2.75, 3.05) is 0 Å². The number of Topliss-reactive ketones (excluding diaryl/α,β-unsaturated/α-hetero) is 1. The molecule has 1 rings (SSSR count). The second kappa shape index (κ2) is 2.48. The first-order chi connectivity index (χ1) is 4.24. The summed E-state index contributed by atoms with van der Waals surface area (Å²) in [6, 6.07) is 0. The summed E-state index contributed by atoms with van der Waals surface area (Å²) in [5, 5.41) is 0. The van der Waals surface area contributed by atoms with Gasteiger partial charge in [0.2, 0.25) is 0 Å². The molecular formula is C7H12O2. The van der Waals surface area contributed by atoms with E-state index < -0.39 is 0 Å². The lowest BCUT2D eigenvalue weighted by Gasteiger charge is -2.04. The molecule has 2 unspecified atom stereocenters. The van der Waals surface area contributed by atoms with Gasteiger partial charge in [-0.15, -0.1) is 0 Å². The Morgan fingerprint density at radius 1 is 1.78 bits per heavy atom. The summed E-state index contributed by atoms with van der Waals surface area (Å²) in [7, 11) is 0. The SMILES string of the molecule is CCC1CC(=O)C(C)O1. The fourth-order valence-electron chi connectivity index (χ4n) is 1.04. The highest BCUT2D eigenvalue weighted by Crippen LogP contribution is 2.17. The van der Waals surface area contributed by atoms with E-state index in [9.17, 15) is 4.79 Å². The Hall–Kier alpha value is -0.370. The van der Waals surface area contributed by atoms with Gasteiger partial charge in [-0.3, -0.25) is 4.79 Å². The summed E-state index contributed by atoms with van der Waals surface area (Å²) in [5.41, 5.74) is 0. The molecule has 0 saturated carbocycles. The highest BCUT2D eigenvalue weighted by molar-refractivity contribution is 5.84. The van der Waals surface area contributed by atoms with Gasteiger partial charge in [0.15, 0.2) is 5.78 Å². The van der Waals surface area contributed by atoms with E-state index in [1.165, 1.54) is 0 Å². The van der Waals surface area contributed by atoms with Crippen molar-refractivity contribution in [3.63, 3.8) is 0 Å². The number of rotatable bonds is 1. The predicted molar refractivity (Wildman–Crippen MR) is 34.2 cm³/mol. The van der Waals surface area contributed by atoms with Crippen LogP contribution in [0.15, 0.2) is 0 Å². The first-order valence-electron chi connectivity index (χ1n) is 3.42. The molecule has 2 atom stereocenters. The number of carbonyl (C=O) groups excluding carboxylic acids is 1. The van der Waals surface area contributed by atoms with Crippen LogP contribution in [0.5, 0.6) is 0 Å². The van der Waals surface area contributed by atoms with E-state index in [1.807, 2.05) is 13.8 Å². The summed E-state index contributed by atoms with van der Waals surface area (Å²) >= 11 is 0. The van der Waals surface area contributed by atoms with Crippen LogP contribution in [0.4, 0.5) is 0 Å². The van der Waals surface area contributed by atoms with E-state index >= 15 is 0 Å². The first kappa shape index (κ1) is 6.75. The molecule has 0 radical (unpaired) electrons. The number of hydrogen-bond donors (Lipinski definition) is 0. The zero-order valence-electron chi connectivity index (χ0n) is 5.89. The van der Waals surface area contributed by atoms with Crippen LogP contribution in [0.1, 0.15) is 26.7 Å². The largest absolute Gasteiger partial charge is 0.367 e. The molecule has 0 aliphatic carbocycles. The van der Waals surface area contributed by atoms with Crippen molar-refractivity contribution in [3.05, 3.63) is 0 Å². The van der Waals surface area contributed by atoms with Gasteiger partial charge in [-0.25, -0.2) is 0 Å². The van der Waals surface area contributed by atoms with E-state index in [4.69, 9.17) is 4.74 Å². The summed E-state index contributed by atoms with van der Waals surface area (Å²) in [6.45, 7) is 3.86. The maximum Gasteiger partial charge on any atom is 0.163 e. The number of hydrogen-bond acceptors (Lipinski definition) is 2. The Labute approximate surface area is 55.2 Å². The third-order valence-electron chi connectivity index (χ3n) is 1.73. The second-order valence-corrected chi connectivity index (χ2v) is 2.48. The summed E-state index contributed by atoms with van der Waals surface area (Å²) < 4.78 is 5.27. The zero-order valence-corrected chi connectivity index (χ0v) is 5.89. The van der Waals surface area contributed by atoms with Gasteiger partial charge in [0.05, 0.1) is 6.10 Å². The van der Waals surface area contributed by atoms with Crippen molar-refractivity contribution in [1.29, 1.82) is 0 Å². The molecule has 0 bridgehead atoms. The van der Waals surface area contributed by atoms with Crippen molar-refractivity contribution < 1.29 is 9.53 Å². The van der Waals surface area contributed by atoms with Crippen LogP contribution in [0.2, 0.25) is 0 Å². The van der Waals surface area contributed by atoms with Gasteiger partial charge in [-0.05, 0) is 13.3 Å². The van der Waals surface area contributed by atoms with Crippen molar-refractivity contribution in [1.82, 2.24) is 0 Å². The van der Waals surface area contributed by atoms with Crippen LogP contribution in [0.25, 0.3) is 0 Å². The number of ether oxygens (including phenoxy) is 1. The molecule has 0 aromatic rings. The fraction of sp³-hybridized carbons (Fsp3) is 0.857. The molecule has 2 nitrogen and oxygen atoms in total. The topological polar surface area (TPSA) is 26.3 Å². The second-order valence-electron chi connectivity index (χ2n) is 2.48. The summed E-state index contributed by atoms with van der Waals surface area (Å²) in [4.78, 5) is 10.8. The average molecular weight is 128 g/mol. The molecule has 1 fully saturated rings. The van der Waals surface area contributed by atoms with Gasteiger partial charge >= 0.3 is 0 Å². The van der Waals surface area contributed by atoms with Crippen LogP contribution in [0.3, 0.4) is 0 Å². The smallest absolute Gasteiger partial charge is 0.163 e. The van der Waals surface area contributed by atoms with Crippen molar-refractivity contribution in [2.24, 2.45) is 0 Å². The van der Waals surface area contributed by atoms with E-state index in [0.717, 1.165) is 6.42 Å². The van der Waals surface area contributed by atoms with Crippen LogP contribution in [-0.4, -0.2) is 18.0 Å². The summed E-state index contributed by atoms with van der Waals surface area (Å²) in [6.07, 6.45) is 1.63. The van der Waals surface area contributed by atoms with Crippen LogP contribution >= 0.6 is 0 Å². The highest BCUT2D eigenvalue weighted by Gasteiger charge is 2.27. The minimum atomic E-state index is -0.144. The Bertz CT molecular complexity index is 120. The quantitative estimate of drug-likeness (QED) is 0.529. The van der Waals surface area contributed by atoms with Gasteiger partial charge in [0.1, 0.15) is 6.10 Å². The number of carbonyl (C=O) groups is 1. The lowest BCUT2D eigenvalue weighted by atomic mass is 10.1. The van der Waals surface area contributed by atoms with E-state index in [0.29, 0.717) is 6.42 Å². The highest BCUT2D eigenvalue weighted by atomic mass is 16.5. The molecule has 0 aromatic heterocycles. The van der Waals surface area contributed by atoms with Crippen molar-refractivity contribution in [3.8, 4) is 0 Å². The normalized spacial score (nSPS) is 35.6. The molecule has 0 spiro atoms. The average Bonchev–Trinajstić information content (AvgIpc) is 2.13. The molecule has 0 aromatic carbocycles. The van der Waals surface area contributed by atoms with Crippen LogP contribution in [-0.2, 0) is 9.53 Å². The van der Waals surface area contributed by atoms with Crippen LogP contribution < -0.4 is 0 Å². The molecule has 2 heteroatoms. The molecule has 0 N–H and O–H groups in total. The maximum absolute atomic E-state index is 10.8. The lowest BCUT2D eigenvalue weighted by Crippen LogP contribution is -2.09.